The zero-order valence-corrected chi connectivity index (χ0v) is 13.2. The van der Waals surface area contributed by atoms with Crippen LogP contribution in [0, 0.1) is 0 Å². The number of rotatable bonds is 5. The van der Waals surface area contributed by atoms with Gasteiger partial charge in [0.15, 0.2) is 0 Å². The summed E-state index contributed by atoms with van der Waals surface area (Å²) in [6.45, 7) is 17.4. The van der Waals surface area contributed by atoms with Gasteiger partial charge in [0.1, 0.15) is 0 Å². The molecule has 0 saturated carbocycles. The summed E-state index contributed by atoms with van der Waals surface area (Å²) in [6, 6.07) is 0.660. The minimum Gasteiger partial charge on any atom is -0.375 e. The Hall–Kier alpha value is -0.120. The molecule has 2 unspecified atom stereocenters. The molecule has 0 aromatic heterocycles. The highest BCUT2D eigenvalue weighted by atomic mass is 16.5. The van der Waals surface area contributed by atoms with E-state index in [1.165, 1.54) is 12.8 Å². The third-order valence-electron chi connectivity index (χ3n) is 4.00. The third kappa shape index (κ3) is 4.87. The Balaban J connectivity index is 2.48. The number of nitrogens with one attached hydrogen (secondary N) is 1. The standard InChI is InChI=1S/C15H32N2O/c1-7-13-11-16-15(6,8-2)12-17(13)9-10-18-14(3,4)5/h13,16H,7-12H2,1-6H3. The maximum atomic E-state index is 5.86. The van der Waals surface area contributed by atoms with Crippen molar-refractivity contribution in [2.45, 2.75) is 71.6 Å². The highest BCUT2D eigenvalue weighted by Gasteiger charge is 2.33. The molecule has 3 heteroatoms. The molecule has 0 spiro atoms. The van der Waals surface area contributed by atoms with Crippen molar-refractivity contribution in [1.29, 1.82) is 0 Å². The highest BCUT2D eigenvalue weighted by molar-refractivity contribution is 4.93. The predicted octanol–water partition coefficient (Wildman–Crippen LogP) is 2.65. The fourth-order valence-corrected chi connectivity index (χ4v) is 2.50. The molecule has 1 aliphatic rings. The van der Waals surface area contributed by atoms with Crippen LogP contribution in [0.4, 0.5) is 0 Å². The molecule has 18 heavy (non-hydrogen) atoms. The van der Waals surface area contributed by atoms with Crippen LogP contribution in [0.2, 0.25) is 0 Å². The van der Waals surface area contributed by atoms with Crippen molar-refractivity contribution in [1.82, 2.24) is 10.2 Å². The Kier molecular flexibility index (Phi) is 5.63. The van der Waals surface area contributed by atoms with E-state index in [9.17, 15) is 0 Å². The monoisotopic (exact) mass is 256 g/mol. The van der Waals surface area contributed by atoms with E-state index < -0.39 is 0 Å². The van der Waals surface area contributed by atoms with Gasteiger partial charge in [-0.2, -0.15) is 0 Å². The van der Waals surface area contributed by atoms with Crippen molar-refractivity contribution in [3.05, 3.63) is 0 Å². The second kappa shape index (κ2) is 6.36. The van der Waals surface area contributed by atoms with E-state index in [2.05, 4.69) is 51.8 Å². The van der Waals surface area contributed by atoms with Gasteiger partial charge in [0, 0.05) is 31.2 Å². The van der Waals surface area contributed by atoms with Crippen molar-refractivity contribution < 1.29 is 4.74 Å². The quantitative estimate of drug-likeness (QED) is 0.818. The lowest BCUT2D eigenvalue weighted by Crippen LogP contribution is -2.63. The van der Waals surface area contributed by atoms with Crippen molar-refractivity contribution in [2.24, 2.45) is 0 Å². The van der Waals surface area contributed by atoms with Gasteiger partial charge in [-0.25, -0.2) is 0 Å². The van der Waals surface area contributed by atoms with E-state index in [0.29, 0.717) is 6.04 Å². The minimum atomic E-state index is -0.0240. The predicted molar refractivity (Wildman–Crippen MR) is 78.1 cm³/mol. The van der Waals surface area contributed by atoms with Crippen molar-refractivity contribution in [3.63, 3.8) is 0 Å². The number of ether oxygens (including phenoxy) is 1. The summed E-state index contributed by atoms with van der Waals surface area (Å²) in [7, 11) is 0. The van der Waals surface area contributed by atoms with Crippen molar-refractivity contribution in [3.8, 4) is 0 Å². The Morgan fingerprint density at radius 1 is 1.33 bits per heavy atom. The number of hydrogen-bond donors (Lipinski definition) is 1. The Morgan fingerprint density at radius 2 is 2.00 bits per heavy atom. The van der Waals surface area contributed by atoms with Crippen LogP contribution in [0.5, 0.6) is 0 Å². The number of hydrogen-bond acceptors (Lipinski definition) is 3. The highest BCUT2D eigenvalue weighted by Crippen LogP contribution is 2.20. The molecule has 3 nitrogen and oxygen atoms in total. The SMILES string of the molecule is CCC1CNC(C)(CC)CN1CCOC(C)(C)C. The molecular weight excluding hydrogens is 224 g/mol. The largest absolute Gasteiger partial charge is 0.375 e. The molecule has 2 atom stereocenters. The van der Waals surface area contributed by atoms with E-state index in [1.54, 1.807) is 0 Å². The average Bonchev–Trinajstić information content (AvgIpc) is 2.28. The second-order valence-corrected chi connectivity index (χ2v) is 6.79. The first-order valence-electron chi connectivity index (χ1n) is 7.42. The summed E-state index contributed by atoms with van der Waals surface area (Å²) in [6.07, 6.45) is 2.39. The van der Waals surface area contributed by atoms with E-state index in [0.717, 1.165) is 26.2 Å². The first-order chi connectivity index (χ1) is 8.29. The van der Waals surface area contributed by atoms with Gasteiger partial charge in [-0.15, -0.1) is 0 Å². The lowest BCUT2D eigenvalue weighted by atomic mass is 9.93. The normalized spacial score (nSPS) is 30.7. The van der Waals surface area contributed by atoms with Crippen LogP contribution in [0.15, 0.2) is 0 Å². The first-order valence-corrected chi connectivity index (χ1v) is 7.42. The topological polar surface area (TPSA) is 24.5 Å². The second-order valence-electron chi connectivity index (χ2n) is 6.79. The van der Waals surface area contributed by atoms with E-state index >= 15 is 0 Å². The molecule has 0 aromatic rings. The van der Waals surface area contributed by atoms with E-state index in [-0.39, 0.29) is 11.1 Å². The molecule has 1 heterocycles. The molecule has 1 N–H and O–H groups in total. The molecule has 0 aliphatic carbocycles. The fourth-order valence-electron chi connectivity index (χ4n) is 2.50. The molecular formula is C15H32N2O. The summed E-state index contributed by atoms with van der Waals surface area (Å²) in [5.74, 6) is 0. The Morgan fingerprint density at radius 3 is 2.50 bits per heavy atom. The van der Waals surface area contributed by atoms with Crippen LogP contribution in [-0.2, 0) is 4.74 Å². The van der Waals surface area contributed by atoms with Crippen LogP contribution in [0.3, 0.4) is 0 Å². The Labute approximate surface area is 113 Å². The zero-order chi connectivity index (χ0) is 13.8. The lowest BCUT2D eigenvalue weighted by Gasteiger charge is -2.46. The van der Waals surface area contributed by atoms with E-state index in [1.807, 2.05) is 0 Å². The average molecular weight is 256 g/mol. The van der Waals surface area contributed by atoms with Crippen molar-refractivity contribution in [2.75, 3.05) is 26.2 Å². The fraction of sp³-hybridized carbons (Fsp3) is 1.00. The van der Waals surface area contributed by atoms with Crippen molar-refractivity contribution >= 4 is 0 Å². The lowest BCUT2D eigenvalue weighted by molar-refractivity contribution is -0.0272. The van der Waals surface area contributed by atoms with Crippen LogP contribution in [0.1, 0.15) is 54.4 Å². The Bertz CT molecular complexity index is 249. The van der Waals surface area contributed by atoms with Gasteiger partial charge in [-0.05, 0) is 40.5 Å². The molecule has 0 bridgehead atoms. The van der Waals surface area contributed by atoms with Gasteiger partial charge in [-0.1, -0.05) is 13.8 Å². The van der Waals surface area contributed by atoms with Crippen LogP contribution in [-0.4, -0.2) is 48.3 Å². The van der Waals surface area contributed by atoms with Crippen LogP contribution < -0.4 is 5.32 Å². The first kappa shape index (κ1) is 15.9. The molecule has 0 amide bonds. The summed E-state index contributed by atoms with van der Waals surface area (Å²) in [5.41, 5.74) is 0.247. The molecule has 0 aromatic carbocycles. The van der Waals surface area contributed by atoms with Gasteiger partial charge in [0.25, 0.3) is 0 Å². The maximum Gasteiger partial charge on any atom is 0.0600 e. The number of nitrogens with zero attached hydrogens (tertiary/aromatic N) is 1. The molecule has 1 aliphatic heterocycles. The molecule has 0 radical (unpaired) electrons. The van der Waals surface area contributed by atoms with Gasteiger partial charge >= 0.3 is 0 Å². The van der Waals surface area contributed by atoms with E-state index in [4.69, 9.17) is 4.74 Å². The smallest absolute Gasteiger partial charge is 0.0600 e. The molecule has 1 fully saturated rings. The number of piperazine rings is 1. The summed E-state index contributed by atoms with van der Waals surface area (Å²) in [4.78, 5) is 2.60. The molecule has 1 saturated heterocycles. The van der Waals surface area contributed by atoms with Gasteiger partial charge < -0.3 is 10.1 Å². The zero-order valence-electron chi connectivity index (χ0n) is 13.2. The van der Waals surface area contributed by atoms with Crippen LogP contribution in [0.25, 0.3) is 0 Å². The molecule has 108 valence electrons. The van der Waals surface area contributed by atoms with Gasteiger partial charge in [0.2, 0.25) is 0 Å². The molecule has 1 rings (SSSR count). The third-order valence-corrected chi connectivity index (χ3v) is 4.00. The minimum absolute atomic E-state index is 0.0240. The van der Waals surface area contributed by atoms with Gasteiger partial charge in [-0.3, -0.25) is 4.90 Å². The van der Waals surface area contributed by atoms with Gasteiger partial charge in [0.05, 0.1) is 12.2 Å². The van der Waals surface area contributed by atoms with Crippen LogP contribution >= 0.6 is 0 Å². The summed E-state index contributed by atoms with van der Waals surface area (Å²) < 4.78 is 5.86. The summed E-state index contributed by atoms with van der Waals surface area (Å²) in [5, 5.41) is 3.70. The summed E-state index contributed by atoms with van der Waals surface area (Å²) >= 11 is 0. The maximum absolute atomic E-state index is 5.86.